The number of benzene rings is 1. The highest BCUT2D eigenvalue weighted by atomic mass is 16.3. The molecule has 0 aliphatic carbocycles. The monoisotopic (exact) mass is 266 g/mol. The van der Waals surface area contributed by atoms with Crippen LogP contribution >= 0.6 is 0 Å². The summed E-state index contributed by atoms with van der Waals surface area (Å²) in [7, 11) is 0. The van der Waals surface area contributed by atoms with E-state index in [1.54, 1.807) is 19.1 Å². The van der Waals surface area contributed by atoms with Gasteiger partial charge >= 0.3 is 0 Å². The van der Waals surface area contributed by atoms with E-state index >= 15 is 0 Å². The zero-order valence-corrected chi connectivity index (χ0v) is 11.8. The third-order valence-electron chi connectivity index (χ3n) is 2.59. The molecule has 1 amide bonds. The minimum absolute atomic E-state index is 0.104. The summed E-state index contributed by atoms with van der Waals surface area (Å²) in [6.45, 7) is 7.80. The van der Waals surface area contributed by atoms with Gasteiger partial charge in [-0.1, -0.05) is 12.1 Å². The fraction of sp³-hybridized carbons (Fsp3) is 0.500. The first kappa shape index (κ1) is 15.3. The number of amides is 1. The van der Waals surface area contributed by atoms with E-state index in [4.69, 9.17) is 0 Å². The first-order chi connectivity index (χ1) is 8.70. The van der Waals surface area contributed by atoms with Crippen molar-refractivity contribution in [3.05, 3.63) is 23.8 Å². The van der Waals surface area contributed by atoms with Crippen molar-refractivity contribution in [1.82, 2.24) is 10.6 Å². The van der Waals surface area contributed by atoms with Crippen LogP contribution in [0.15, 0.2) is 18.2 Å². The molecule has 1 aromatic rings. The molecule has 0 aromatic heterocycles. The van der Waals surface area contributed by atoms with Gasteiger partial charge in [0.15, 0.2) is 11.5 Å². The first-order valence-corrected chi connectivity index (χ1v) is 6.26. The van der Waals surface area contributed by atoms with E-state index in [0.29, 0.717) is 12.1 Å². The zero-order chi connectivity index (χ0) is 14.6. The fourth-order valence-corrected chi connectivity index (χ4v) is 1.55. The predicted octanol–water partition coefficient (Wildman–Crippen LogP) is 1.49. The van der Waals surface area contributed by atoms with E-state index in [0.717, 1.165) is 0 Å². The molecule has 1 rings (SSSR count). The number of phenolic OH excluding ortho intramolecular Hbond substituents is 2. The van der Waals surface area contributed by atoms with Crippen LogP contribution in [0.4, 0.5) is 0 Å². The van der Waals surface area contributed by atoms with Crippen molar-refractivity contribution >= 4 is 5.91 Å². The average molecular weight is 266 g/mol. The molecule has 0 saturated carbocycles. The summed E-state index contributed by atoms with van der Waals surface area (Å²) in [5, 5.41) is 24.9. The Bertz CT molecular complexity index is 452. The molecule has 1 unspecified atom stereocenters. The Kier molecular flexibility index (Phi) is 4.78. The number of aromatic hydroxyl groups is 2. The van der Waals surface area contributed by atoms with E-state index in [2.05, 4.69) is 10.6 Å². The lowest BCUT2D eigenvalue weighted by Crippen LogP contribution is -2.49. The highest BCUT2D eigenvalue weighted by molar-refractivity contribution is 5.81. The average Bonchev–Trinajstić information content (AvgIpc) is 2.28. The van der Waals surface area contributed by atoms with Crippen LogP contribution in [0.5, 0.6) is 11.5 Å². The van der Waals surface area contributed by atoms with Crippen LogP contribution in [0.2, 0.25) is 0 Å². The van der Waals surface area contributed by atoms with Gasteiger partial charge in [0.2, 0.25) is 5.91 Å². The molecule has 106 valence electrons. The van der Waals surface area contributed by atoms with Crippen LogP contribution in [0.3, 0.4) is 0 Å². The zero-order valence-electron chi connectivity index (χ0n) is 11.8. The summed E-state index contributed by atoms with van der Waals surface area (Å²) in [6, 6.07) is 4.36. The Labute approximate surface area is 113 Å². The van der Waals surface area contributed by atoms with Crippen LogP contribution in [-0.2, 0) is 11.3 Å². The molecule has 0 aliphatic heterocycles. The van der Waals surface area contributed by atoms with Crippen molar-refractivity contribution in [2.24, 2.45) is 0 Å². The number of hydrogen-bond donors (Lipinski definition) is 4. The van der Waals surface area contributed by atoms with Crippen LogP contribution in [0, 0.1) is 0 Å². The van der Waals surface area contributed by atoms with Gasteiger partial charge in [-0.3, -0.25) is 4.79 Å². The number of hydrogen-bond acceptors (Lipinski definition) is 4. The lowest BCUT2D eigenvalue weighted by molar-refractivity contribution is -0.124. The Hall–Kier alpha value is -1.75. The highest BCUT2D eigenvalue weighted by Gasteiger charge is 2.19. The Morgan fingerprint density at radius 1 is 1.32 bits per heavy atom. The number of nitrogens with one attached hydrogen (secondary N) is 2. The molecule has 0 heterocycles. The van der Waals surface area contributed by atoms with E-state index in [9.17, 15) is 15.0 Å². The number of phenols is 2. The maximum Gasteiger partial charge on any atom is 0.237 e. The van der Waals surface area contributed by atoms with Gasteiger partial charge in [-0.05, 0) is 33.8 Å². The maximum absolute atomic E-state index is 11.8. The summed E-state index contributed by atoms with van der Waals surface area (Å²) < 4.78 is 0. The van der Waals surface area contributed by atoms with Gasteiger partial charge in [-0.25, -0.2) is 0 Å². The molecule has 0 radical (unpaired) electrons. The summed E-state index contributed by atoms with van der Waals surface area (Å²) in [4.78, 5) is 11.8. The molecule has 5 heteroatoms. The number of carbonyl (C=O) groups excluding carboxylic acids is 1. The van der Waals surface area contributed by atoms with E-state index in [1.807, 2.05) is 20.8 Å². The SMILES string of the molecule is CC(NCc1cccc(O)c1O)C(=O)NC(C)(C)C. The molecule has 0 spiro atoms. The van der Waals surface area contributed by atoms with Crippen molar-refractivity contribution in [2.75, 3.05) is 0 Å². The molecule has 0 bridgehead atoms. The standard InChI is InChI=1S/C14H22N2O3/c1-9(13(19)16-14(2,3)4)15-8-10-6-5-7-11(17)12(10)18/h5-7,9,15,17-18H,8H2,1-4H3,(H,16,19). The predicted molar refractivity (Wildman–Crippen MR) is 74.0 cm³/mol. The second-order valence-electron chi connectivity index (χ2n) is 5.63. The van der Waals surface area contributed by atoms with Gasteiger partial charge < -0.3 is 20.8 Å². The second-order valence-corrected chi connectivity index (χ2v) is 5.63. The lowest BCUT2D eigenvalue weighted by Gasteiger charge is -2.23. The molecular weight excluding hydrogens is 244 g/mol. The quantitative estimate of drug-likeness (QED) is 0.622. The van der Waals surface area contributed by atoms with Gasteiger partial charge in [0.05, 0.1) is 6.04 Å². The lowest BCUT2D eigenvalue weighted by atomic mass is 10.1. The molecule has 5 nitrogen and oxygen atoms in total. The third kappa shape index (κ3) is 4.79. The summed E-state index contributed by atoms with van der Waals surface area (Å²) in [5.41, 5.74) is 0.274. The van der Waals surface area contributed by atoms with Gasteiger partial charge in [0.25, 0.3) is 0 Å². The van der Waals surface area contributed by atoms with Gasteiger partial charge in [-0.2, -0.15) is 0 Å². The smallest absolute Gasteiger partial charge is 0.237 e. The number of para-hydroxylation sites is 1. The van der Waals surface area contributed by atoms with Crippen molar-refractivity contribution in [3.63, 3.8) is 0 Å². The minimum atomic E-state index is -0.388. The number of carbonyl (C=O) groups is 1. The summed E-state index contributed by atoms with van der Waals surface area (Å²) >= 11 is 0. The van der Waals surface area contributed by atoms with Gasteiger partial charge in [0, 0.05) is 17.6 Å². The minimum Gasteiger partial charge on any atom is -0.504 e. The maximum atomic E-state index is 11.8. The molecular formula is C14H22N2O3. The molecule has 0 fully saturated rings. The number of rotatable bonds is 4. The molecule has 19 heavy (non-hydrogen) atoms. The normalized spacial score (nSPS) is 13.1. The fourth-order valence-electron chi connectivity index (χ4n) is 1.55. The second kappa shape index (κ2) is 5.93. The van der Waals surface area contributed by atoms with E-state index in [1.165, 1.54) is 6.07 Å². The van der Waals surface area contributed by atoms with Crippen molar-refractivity contribution < 1.29 is 15.0 Å². The largest absolute Gasteiger partial charge is 0.504 e. The summed E-state index contributed by atoms with van der Waals surface area (Å²) in [5.74, 6) is -0.420. The van der Waals surface area contributed by atoms with Crippen molar-refractivity contribution in [2.45, 2.75) is 45.8 Å². The van der Waals surface area contributed by atoms with Crippen LogP contribution in [0.1, 0.15) is 33.3 Å². The van der Waals surface area contributed by atoms with Crippen LogP contribution < -0.4 is 10.6 Å². The molecule has 1 atom stereocenters. The highest BCUT2D eigenvalue weighted by Crippen LogP contribution is 2.27. The molecule has 4 N–H and O–H groups in total. The van der Waals surface area contributed by atoms with Crippen LogP contribution in [0.25, 0.3) is 0 Å². The van der Waals surface area contributed by atoms with Crippen LogP contribution in [-0.4, -0.2) is 27.7 Å². The van der Waals surface area contributed by atoms with Crippen molar-refractivity contribution in [3.8, 4) is 11.5 Å². The topological polar surface area (TPSA) is 81.6 Å². The molecule has 0 aliphatic rings. The first-order valence-electron chi connectivity index (χ1n) is 6.26. The van der Waals surface area contributed by atoms with Gasteiger partial charge in [-0.15, -0.1) is 0 Å². The van der Waals surface area contributed by atoms with E-state index < -0.39 is 0 Å². The molecule has 1 aromatic carbocycles. The summed E-state index contributed by atoms with van der Waals surface area (Å²) in [6.07, 6.45) is 0. The molecule has 0 saturated heterocycles. The van der Waals surface area contributed by atoms with Gasteiger partial charge in [0.1, 0.15) is 0 Å². The Morgan fingerprint density at radius 3 is 2.53 bits per heavy atom. The Morgan fingerprint density at radius 2 is 1.95 bits per heavy atom. The third-order valence-corrected chi connectivity index (χ3v) is 2.59. The van der Waals surface area contributed by atoms with E-state index in [-0.39, 0.29) is 29.0 Å². The Balaban J connectivity index is 2.57. The van der Waals surface area contributed by atoms with Crippen molar-refractivity contribution in [1.29, 1.82) is 0 Å².